The number of nitrogens with one attached hydrogen (secondary N) is 4. The standard InChI is InChI=1S/C20H25N5O3/c1-28-20(7-11-22-12-8-20)18(26)24-16-3-2-4-17(13-16)25-19(27)23-14-15-5-9-21-10-6-15/h2-6,9-10,13,22H,7-8,11-12,14H2,1H3,(H,24,26)(H2,23,25,27). The van der Waals surface area contributed by atoms with Crippen molar-refractivity contribution in [1.82, 2.24) is 15.6 Å². The smallest absolute Gasteiger partial charge is 0.319 e. The SMILES string of the molecule is COC1(C(=O)Nc2cccc(NC(=O)NCc3ccncc3)c2)CCNCC1. The second-order valence-electron chi connectivity index (χ2n) is 6.65. The molecule has 3 amide bonds. The molecule has 0 bridgehead atoms. The van der Waals surface area contributed by atoms with Crippen LogP contribution in [0.2, 0.25) is 0 Å². The molecule has 8 nitrogen and oxygen atoms in total. The Morgan fingerprint density at radius 1 is 1.11 bits per heavy atom. The molecular weight excluding hydrogens is 358 g/mol. The molecule has 2 aromatic rings. The van der Waals surface area contributed by atoms with Crippen LogP contribution >= 0.6 is 0 Å². The van der Waals surface area contributed by atoms with Crippen molar-refractivity contribution in [3.8, 4) is 0 Å². The maximum atomic E-state index is 12.7. The molecule has 1 aliphatic rings. The van der Waals surface area contributed by atoms with Crippen molar-refractivity contribution in [2.75, 3.05) is 30.8 Å². The largest absolute Gasteiger partial charge is 0.368 e. The number of hydrogen-bond acceptors (Lipinski definition) is 5. The first-order valence-electron chi connectivity index (χ1n) is 9.22. The average Bonchev–Trinajstić information content (AvgIpc) is 2.73. The Balaban J connectivity index is 1.57. The van der Waals surface area contributed by atoms with Gasteiger partial charge in [0.2, 0.25) is 0 Å². The van der Waals surface area contributed by atoms with E-state index in [-0.39, 0.29) is 11.9 Å². The van der Waals surface area contributed by atoms with Crippen LogP contribution in [0.1, 0.15) is 18.4 Å². The first-order valence-corrected chi connectivity index (χ1v) is 9.22. The molecule has 148 valence electrons. The van der Waals surface area contributed by atoms with Crippen molar-refractivity contribution >= 4 is 23.3 Å². The Bertz CT molecular complexity index is 806. The molecule has 1 aromatic carbocycles. The summed E-state index contributed by atoms with van der Waals surface area (Å²) in [6, 6.07) is 10.4. The first kappa shape index (κ1) is 19.8. The highest BCUT2D eigenvalue weighted by atomic mass is 16.5. The molecule has 1 aromatic heterocycles. The lowest BCUT2D eigenvalue weighted by Gasteiger charge is -2.34. The van der Waals surface area contributed by atoms with Crippen LogP contribution in [-0.2, 0) is 16.1 Å². The zero-order valence-electron chi connectivity index (χ0n) is 15.8. The van der Waals surface area contributed by atoms with Gasteiger partial charge in [-0.2, -0.15) is 0 Å². The quantitative estimate of drug-likeness (QED) is 0.612. The maximum Gasteiger partial charge on any atom is 0.319 e. The van der Waals surface area contributed by atoms with Gasteiger partial charge in [0.15, 0.2) is 0 Å². The van der Waals surface area contributed by atoms with Gasteiger partial charge in [0.1, 0.15) is 5.60 Å². The highest BCUT2D eigenvalue weighted by Crippen LogP contribution is 2.25. The summed E-state index contributed by atoms with van der Waals surface area (Å²) < 4.78 is 5.55. The third-order valence-corrected chi connectivity index (χ3v) is 4.80. The first-order chi connectivity index (χ1) is 13.6. The number of urea groups is 1. The molecule has 0 spiro atoms. The van der Waals surface area contributed by atoms with Gasteiger partial charge >= 0.3 is 6.03 Å². The minimum absolute atomic E-state index is 0.171. The van der Waals surface area contributed by atoms with Crippen LogP contribution in [-0.4, -0.2) is 42.7 Å². The van der Waals surface area contributed by atoms with Gasteiger partial charge in [0.05, 0.1) is 0 Å². The Labute approximate surface area is 164 Å². The second kappa shape index (κ2) is 9.29. The molecule has 3 rings (SSSR count). The molecule has 8 heteroatoms. The highest BCUT2D eigenvalue weighted by Gasteiger charge is 2.39. The summed E-state index contributed by atoms with van der Waals surface area (Å²) in [5, 5.41) is 11.7. The Hall–Kier alpha value is -2.97. The van der Waals surface area contributed by atoms with E-state index in [1.54, 1.807) is 43.8 Å². The third kappa shape index (κ3) is 5.05. The summed E-state index contributed by atoms with van der Waals surface area (Å²) in [6.45, 7) is 1.87. The van der Waals surface area contributed by atoms with E-state index < -0.39 is 5.60 Å². The van der Waals surface area contributed by atoms with Gasteiger partial charge in [-0.25, -0.2) is 4.79 Å². The monoisotopic (exact) mass is 383 g/mol. The number of rotatable bonds is 6. The molecule has 0 aliphatic carbocycles. The Morgan fingerprint density at radius 2 is 1.79 bits per heavy atom. The topological polar surface area (TPSA) is 104 Å². The summed E-state index contributed by atoms with van der Waals surface area (Å²) in [5.74, 6) is -0.171. The van der Waals surface area contributed by atoms with Crippen molar-refractivity contribution in [3.63, 3.8) is 0 Å². The highest BCUT2D eigenvalue weighted by molar-refractivity contribution is 5.98. The number of nitrogens with zero attached hydrogens (tertiary/aromatic N) is 1. The van der Waals surface area contributed by atoms with Crippen molar-refractivity contribution in [1.29, 1.82) is 0 Å². The molecule has 0 saturated carbocycles. The normalized spacial score (nSPS) is 15.5. The third-order valence-electron chi connectivity index (χ3n) is 4.80. The number of ether oxygens (including phenoxy) is 1. The number of amides is 3. The molecule has 28 heavy (non-hydrogen) atoms. The number of anilines is 2. The molecule has 1 aliphatic heterocycles. The molecule has 0 unspecified atom stereocenters. The lowest BCUT2D eigenvalue weighted by molar-refractivity contribution is -0.140. The van der Waals surface area contributed by atoms with Crippen LogP contribution in [0, 0.1) is 0 Å². The number of hydrogen-bond donors (Lipinski definition) is 4. The van der Waals surface area contributed by atoms with Crippen LogP contribution in [0.4, 0.5) is 16.2 Å². The van der Waals surface area contributed by atoms with Crippen LogP contribution in [0.3, 0.4) is 0 Å². The molecule has 1 saturated heterocycles. The molecule has 0 radical (unpaired) electrons. The Kier molecular flexibility index (Phi) is 6.57. The number of carbonyl (C=O) groups excluding carboxylic acids is 2. The number of aromatic nitrogens is 1. The van der Waals surface area contributed by atoms with E-state index >= 15 is 0 Å². The predicted molar refractivity (Wildman–Crippen MR) is 107 cm³/mol. The minimum atomic E-state index is -0.823. The fourth-order valence-electron chi connectivity index (χ4n) is 3.13. The minimum Gasteiger partial charge on any atom is -0.368 e. The number of piperidine rings is 1. The lowest BCUT2D eigenvalue weighted by atomic mass is 9.91. The van der Waals surface area contributed by atoms with E-state index in [1.807, 2.05) is 12.1 Å². The fraction of sp³-hybridized carbons (Fsp3) is 0.350. The van der Waals surface area contributed by atoms with E-state index in [4.69, 9.17) is 4.74 Å². The molecular formula is C20H25N5O3. The van der Waals surface area contributed by atoms with Crippen LogP contribution < -0.4 is 21.3 Å². The van der Waals surface area contributed by atoms with E-state index in [1.165, 1.54) is 0 Å². The van der Waals surface area contributed by atoms with Crippen LogP contribution in [0.5, 0.6) is 0 Å². The zero-order valence-corrected chi connectivity index (χ0v) is 15.8. The summed E-state index contributed by atoms with van der Waals surface area (Å²) in [6.07, 6.45) is 4.59. The second-order valence-corrected chi connectivity index (χ2v) is 6.65. The van der Waals surface area contributed by atoms with Crippen molar-refractivity contribution < 1.29 is 14.3 Å². The van der Waals surface area contributed by atoms with E-state index in [9.17, 15) is 9.59 Å². The predicted octanol–water partition coefficient (Wildman–Crippen LogP) is 2.11. The molecule has 2 heterocycles. The van der Waals surface area contributed by atoms with Crippen molar-refractivity contribution in [3.05, 3.63) is 54.4 Å². The van der Waals surface area contributed by atoms with E-state index in [0.29, 0.717) is 30.8 Å². The van der Waals surface area contributed by atoms with Gasteiger partial charge in [0.25, 0.3) is 5.91 Å². The van der Waals surface area contributed by atoms with Gasteiger partial charge in [-0.3, -0.25) is 9.78 Å². The zero-order chi connectivity index (χ0) is 19.8. The van der Waals surface area contributed by atoms with E-state index in [0.717, 1.165) is 18.7 Å². The molecule has 4 N–H and O–H groups in total. The number of carbonyl (C=O) groups is 2. The fourth-order valence-corrected chi connectivity index (χ4v) is 3.13. The van der Waals surface area contributed by atoms with Gasteiger partial charge < -0.3 is 26.0 Å². The molecule has 0 atom stereocenters. The van der Waals surface area contributed by atoms with Crippen LogP contribution in [0.15, 0.2) is 48.8 Å². The van der Waals surface area contributed by atoms with Gasteiger partial charge in [-0.05, 0) is 61.8 Å². The maximum absolute atomic E-state index is 12.7. The number of pyridine rings is 1. The van der Waals surface area contributed by atoms with Gasteiger partial charge in [-0.15, -0.1) is 0 Å². The van der Waals surface area contributed by atoms with Gasteiger partial charge in [0, 0.05) is 37.4 Å². The van der Waals surface area contributed by atoms with Crippen LogP contribution in [0.25, 0.3) is 0 Å². The van der Waals surface area contributed by atoms with E-state index in [2.05, 4.69) is 26.3 Å². The number of methoxy groups -OCH3 is 1. The van der Waals surface area contributed by atoms with Gasteiger partial charge in [-0.1, -0.05) is 6.07 Å². The van der Waals surface area contributed by atoms with Crippen molar-refractivity contribution in [2.45, 2.75) is 25.0 Å². The number of benzene rings is 1. The van der Waals surface area contributed by atoms with Crippen molar-refractivity contribution in [2.24, 2.45) is 0 Å². The molecule has 1 fully saturated rings. The summed E-state index contributed by atoms with van der Waals surface area (Å²) in [4.78, 5) is 28.8. The summed E-state index contributed by atoms with van der Waals surface area (Å²) >= 11 is 0. The average molecular weight is 383 g/mol. The Morgan fingerprint density at radius 3 is 2.46 bits per heavy atom. The summed E-state index contributed by atoms with van der Waals surface area (Å²) in [5.41, 5.74) is 1.32. The summed E-state index contributed by atoms with van der Waals surface area (Å²) in [7, 11) is 1.57. The lowest BCUT2D eigenvalue weighted by Crippen LogP contribution is -2.51.